The van der Waals surface area contributed by atoms with Crippen LogP contribution in [0.15, 0.2) is 4.99 Å². The lowest BCUT2D eigenvalue weighted by Gasteiger charge is -2.11. The number of guanidine groups is 1. The van der Waals surface area contributed by atoms with Gasteiger partial charge in [-0.25, -0.2) is 0 Å². The molecular weight excluding hydrogens is 296 g/mol. The van der Waals surface area contributed by atoms with E-state index >= 15 is 0 Å². The lowest BCUT2D eigenvalue weighted by atomic mass is 10.2. The van der Waals surface area contributed by atoms with Crippen molar-refractivity contribution < 1.29 is 0 Å². The van der Waals surface area contributed by atoms with Crippen LogP contribution >= 0.6 is 11.8 Å². The number of fused-ring (bicyclic) bond motifs is 1. The Morgan fingerprint density at radius 3 is 3.00 bits per heavy atom. The maximum absolute atomic E-state index is 4.56. The normalized spacial score (nSPS) is 15.3. The van der Waals surface area contributed by atoms with E-state index in [1.54, 1.807) is 0 Å². The molecule has 22 heavy (non-hydrogen) atoms. The van der Waals surface area contributed by atoms with E-state index in [1.807, 2.05) is 11.8 Å². The van der Waals surface area contributed by atoms with Crippen molar-refractivity contribution in [1.29, 1.82) is 0 Å². The van der Waals surface area contributed by atoms with Gasteiger partial charge in [-0.05, 0) is 26.0 Å². The summed E-state index contributed by atoms with van der Waals surface area (Å²) in [5, 5.41) is 15.4. The first-order valence-corrected chi connectivity index (χ1v) is 9.66. The van der Waals surface area contributed by atoms with Crippen LogP contribution in [0, 0.1) is 0 Å². The first kappa shape index (κ1) is 17.1. The van der Waals surface area contributed by atoms with Gasteiger partial charge in [0.05, 0.1) is 6.54 Å². The number of thioether (sulfide) groups is 1. The fraction of sp³-hybridized carbons (Fsp3) is 0.800. The second-order valence-electron chi connectivity index (χ2n) is 5.42. The van der Waals surface area contributed by atoms with E-state index in [2.05, 4.69) is 43.6 Å². The molecule has 2 N–H and O–H groups in total. The van der Waals surface area contributed by atoms with Gasteiger partial charge in [-0.1, -0.05) is 6.42 Å². The Balaban J connectivity index is 1.84. The Labute approximate surface area is 137 Å². The lowest BCUT2D eigenvalue weighted by Crippen LogP contribution is -2.38. The van der Waals surface area contributed by atoms with E-state index in [1.165, 1.54) is 19.3 Å². The summed E-state index contributed by atoms with van der Waals surface area (Å²) in [6.45, 7) is 5.72. The van der Waals surface area contributed by atoms with Gasteiger partial charge in [0.25, 0.3) is 0 Å². The number of aliphatic imine (C=N–C) groups is 1. The topological polar surface area (TPSA) is 67.1 Å². The molecule has 0 radical (unpaired) electrons. The second-order valence-corrected chi connectivity index (χ2v) is 6.41. The molecule has 0 spiro atoms. The van der Waals surface area contributed by atoms with E-state index < -0.39 is 0 Å². The first-order valence-electron chi connectivity index (χ1n) is 8.27. The van der Waals surface area contributed by atoms with Crippen LogP contribution in [0.25, 0.3) is 0 Å². The third-order valence-electron chi connectivity index (χ3n) is 3.74. The van der Waals surface area contributed by atoms with Crippen molar-refractivity contribution in [3.05, 3.63) is 11.6 Å². The number of rotatable bonds is 7. The first-order chi connectivity index (χ1) is 10.8. The predicted molar refractivity (Wildman–Crippen MR) is 93.6 cm³/mol. The maximum Gasteiger partial charge on any atom is 0.191 e. The summed E-state index contributed by atoms with van der Waals surface area (Å²) in [6, 6.07) is 0. The zero-order chi connectivity index (χ0) is 15.6. The smallest absolute Gasteiger partial charge is 0.191 e. The van der Waals surface area contributed by atoms with Crippen molar-refractivity contribution >= 4 is 17.7 Å². The minimum Gasteiger partial charge on any atom is -0.357 e. The zero-order valence-corrected chi connectivity index (χ0v) is 14.6. The highest BCUT2D eigenvalue weighted by atomic mass is 32.2. The molecule has 1 aliphatic heterocycles. The third-order valence-corrected chi connectivity index (χ3v) is 4.33. The summed E-state index contributed by atoms with van der Waals surface area (Å²) < 4.78 is 2.31. The molecule has 1 aliphatic rings. The Hall–Kier alpha value is -1.24. The standard InChI is InChI=1S/C15H28N6S/c1-3-16-15(18-10-12-22-2)17-9-8-14-20-19-13-7-5-4-6-11-21(13)14/h3-12H2,1-2H3,(H2,16,17,18). The third kappa shape index (κ3) is 5.19. The van der Waals surface area contributed by atoms with Gasteiger partial charge in [-0.2, -0.15) is 11.8 Å². The van der Waals surface area contributed by atoms with Gasteiger partial charge in [0, 0.05) is 38.2 Å². The van der Waals surface area contributed by atoms with Gasteiger partial charge < -0.3 is 15.2 Å². The number of hydrogen-bond donors (Lipinski definition) is 2. The van der Waals surface area contributed by atoms with Crippen molar-refractivity contribution in [2.24, 2.45) is 4.99 Å². The number of aromatic nitrogens is 3. The van der Waals surface area contributed by atoms with Crippen molar-refractivity contribution in [3.8, 4) is 0 Å². The van der Waals surface area contributed by atoms with Crippen LogP contribution in [0.1, 0.15) is 37.8 Å². The Bertz CT molecular complexity index is 471. The molecule has 2 heterocycles. The summed E-state index contributed by atoms with van der Waals surface area (Å²) >= 11 is 1.82. The average Bonchev–Trinajstić information content (AvgIpc) is 2.75. The van der Waals surface area contributed by atoms with Crippen LogP contribution in [-0.2, 0) is 19.4 Å². The fourth-order valence-corrected chi connectivity index (χ4v) is 2.89. The van der Waals surface area contributed by atoms with E-state index in [4.69, 9.17) is 0 Å². The Kier molecular flexibility index (Phi) is 7.56. The molecule has 0 unspecified atom stereocenters. The minimum absolute atomic E-state index is 0.837. The summed E-state index contributed by atoms with van der Waals surface area (Å²) in [6.07, 6.45) is 7.84. The van der Waals surface area contributed by atoms with Crippen molar-refractivity contribution in [3.63, 3.8) is 0 Å². The fourth-order valence-electron chi connectivity index (χ4n) is 2.61. The molecular formula is C15H28N6S. The van der Waals surface area contributed by atoms with Crippen LogP contribution in [0.5, 0.6) is 0 Å². The molecule has 0 saturated heterocycles. The monoisotopic (exact) mass is 324 g/mol. The molecule has 0 atom stereocenters. The number of aryl methyl sites for hydroxylation is 1. The van der Waals surface area contributed by atoms with Crippen molar-refractivity contribution in [2.75, 3.05) is 31.6 Å². The molecule has 6 nitrogen and oxygen atoms in total. The minimum atomic E-state index is 0.837. The molecule has 0 bridgehead atoms. The lowest BCUT2D eigenvalue weighted by molar-refractivity contribution is 0.600. The second kappa shape index (κ2) is 9.71. The molecule has 0 fully saturated rings. The van der Waals surface area contributed by atoms with Gasteiger partial charge >= 0.3 is 0 Å². The summed E-state index contributed by atoms with van der Waals surface area (Å²) in [4.78, 5) is 4.56. The molecule has 7 heteroatoms. The van der Waals surface area contributed by atoms with Gasteiger partial charge in [0.1, 0.15) is 11.6 Å². The highest BCUT2D eigenvalue weighted by molar-refractivity contribution is 7.98. The Morgan fingerprint density at radius 1 is 1.27 bits per heavy atom. The molecule has 0 amide bonds. The molecule has 124 valence electrons. The van der Waals surface area contributed by atoms with E-state index in [9.17, 15) is 0 Å². The highest BCUT2D eigenvalue weighted by Crippen LogP contribution is 2.14. The Morgan fingerprint density at radius 2 is 2.18 bits per heavy atom. The summed E-state index contributed by atoms with van der Waals surface area (Å²) in [5.74, 6) is 4.21. The predicted octanol–water partition coefficient (Wildman–Crippen LogP) is 1.47. The van der Waals surface area contributed by atoms with E-state index in [0.717, 1.165) is 62.4 Å². The van der Waals surface area contributed by atoms with Crippen molar-refractivity contribution in [2.45, 2.75) is 45.6 Å². The van der Waals surface area contributed by atoms with Crippen LogP contribution < -0.4 is 10.6 Å². The highest BCUT2D eigenvalue weighted by Gasteiger charge is 2.14. The number of hydrogen-bond acceptors (Lipinski definition) is 4. The van der Waals surface area contributed by atoms with Gasteiger partial charge in [-0.3, -0.25) is 4.99 Å². The van der Waals surface area contributed by atoms with Crippen LogP contribution in [-0.4, -0.2) is 52.4 Å². The van der Waals surface area contributed by atoms with Crippen LogP contribution in [0.4, 0.5) is 0 Å². The number of nitrogens with one attached hydrogen (secondary N) is 2. The van der Waals surface area contributed by atoms with Crippen LogP contribution in [0.2, 0.25) is 0 Å². The average molecular weight is 324 g/mol. The van der Waals surface area contributed by atoms with E-state index in [0.29, 0.717) is 0 Å². The van der Waals surface area contributed by atoms with Crippen LogP contribution in [0.3, 0.4) is 0 Å². The molecule has 0 aliphatic carbocycles. The van der Waals surface area contributed by atoms with Crippen molar-refractivity contribution in [1.82, 2.24) is 25.4 Å². The molecule has 0 aromatic carbocycles. The molecule has 0 saturated carbocycles. The largest absolute Gasteiger partial charge is 0.357 e. The summed E-state index contributed by atoms with van der Waals surface area (Å²) in [5.41, 5.74) is 0. The number of nitrogens with zero attached hydrogens (tertiary/aromatic N) is 4. The molecule has 1 aromatic rings. The summed E-state index contributed by atoms with van der Waals surface area (Å²) in [7, 11) is 0. The zero-order valence-electron chi connectivity index (χ0n) is 13.8. The van der Waals surface area contributed by atoms with Gasteiger partial charge in [-0.15, -0.1) is 10.2 Å². The SMILES string of the molecule is CCNC(=NCCSC)NCCc1nnc2n1CCCCC2. The molecule has 1 aromatic heterocycles. The van der Waals surface area contributed by atoms with Gasteiger partial charge in [0.2, 0.25) is 0 Å². The van der Waals surface area contributed by atoms with Gasteiger partial charge in [0.15, 0.2) is 5.96 Å². The molecule has 2 rings (SSSR count). The quantitative estimate of drug-likeness (QED) is 0.452. The maximum atomic E-state index is 4.56. The van der Waals surface area contributed by atoms with E-state index in [-0.39, 0.29) is 0 Å².